The van der Waals surface area contributed by atoms with Crippen LogP contribution in [-0.2, 0) is 13.6 Å². The van der Waals surface area contributed by atoms with E-state index >= 15 is 0 Å². The van der Waals surface area contributed by atoms with E-state index in [2.05, 4.69) is 49.9 Å². The number of aromatic nitrogens is 3. The molecule has 0 spiro atoms. The fourth-order valence-corrected chi connectivity index (χ4v) is 2.52. The molecule has 0 atom stereocenters. The van der Waals surface area contributed by atoms with Crippen molar-refractivity contribution in [1.29, 1.82) is 0 Å². The minimum Gasteiger partial charge on any atom is -0.375 e. The molecule has 0 fully saturated rings. The lowest BCUT2D eigenvalue weighted by atomic mass is 10.3. The predicted molar refractivity (Wildman–Crippen MR) is 123 cm³/mol. The number of aryl methyl sites for hydroxylation is 1. The van der Waals surface area contributed by atoms with Gasteiger partial charge in [-0.25, -0.2) is 4.99 Å². The summed E-state index contributed by atoms with van der Waals surface area (Å²) >= 11 is 0. The number of guanidine groups is 1. The van der Waals surface area contributed by atoms with E-state index < -0.39 is 0 Å². The molecule has 0 saturated heterocycles. The quantitative estimate of drug-likeness (QED) is 0.226. The van der Waals surface area contributed by atoms with Crippen LogP contribution in [0.4, 0.5) is 10.1 Å². The van der Waals surface area contributed by atoms with Crippen LogP contribution in [0.2, 0.25) is 0 Å². The Hall–Kier alpha value is -1.91. The number of alkyl halides is 1. The maximum atomic E-state index is 12.4. The van der Waals surface area contributed by atoms with E-state index in [-0.39, 0.29) is 30.7 Å². The Morgan fingerprint density at radius 1 is 1.14 bits per heavy atom. The molecule has 28 heavy (non-hydrogen) atoms. The van der Waals surface area contributed by atoms with Gasteiger partial charge in [0.25, 0.3) is 0 Å². The first kappa shape index (κ1) is 24.1. The number of nitrogens with zero attached hydrogens (tertiary/aromatic N) is 5. The molecule has 1 aromatic carbocycles. The summed E-state index contributed by atoms with van der Waals surface area (Å²) in [6, 6.07) is 10.3. The van der Waals surface area contributed by atoms with Gasteiger partial charge >= 0.3 is 0 Å². The molecule has 9 heteroatoms. The van der Waals surface area contributed by atoms with Gasteiger partial charge < -0.3 is 20.1 Å². The van der Waals surface area contributed by atoms with Crippen LogP contribution in [0.15, 0.2) is 35.3 Å². The lowest BCUT2D eigenvalue weighted by Crippen LogP contribution is -2.39. The van der Waals surface area contributed by atoms with Gasteiger partial charge in [-0.3, -0.25) is 4.39 Å². The van der Waals surface area contributed by atoms with E-state index in [1.54, 1.807) is 0 Å². The van der Waals surface area contributed by atoms with E-state index in [9.17, 15) is 4.39 Å². The summed E-state index contributed by atoms with van der Waals surface area (Å²) in [5.41, 5.74) is 1.20. The molecule has 0 saturated carbocycles. The van der Waals surface area contributed by atoms with Crippen LogP contribution in [-0.4, -0.2) is 54.1 Å². The van der Waals surface area contributed by atoms with E-state index in [0.29, 0.717) is 25.5 Å². The fraction of sp³-hybridized carbons (Fsp3) is 0.526. The molecule has 0 bridgehead atoms. The lowest BCUT2D eigenvalue weighted by Gasteiger charge is -2.19. The largest absolute Gasteiger partial charge is 0.375 e. The summed E-state index contributed by atoms with van der Waals surface area (Å²) in [5.74, 6) is 2.32. The summed E-state index contributed by atoms with van der Waals surface area (Å²) in [4.78, 5) is 6.77. The third-order valence-corrected chi connectivity index (χ3v) is 4.32. The molecule has 0 radical (unpaired) electrons. The van der Waals surface area contributed by atoms with Gasteiger partial charge in [0, 0.05) is 39.4 Å². The maximum Gasteiger partial charge on any atom is 0.191 e. The van der Waals surface area contributed by atoms with Gasteiger partial charge in [-0.1, -0.05) is 18.2 Å². The van der Waals surface area contributed by atoms with Gasteiger partial charge in [0.05, 0.1) is 6.67 Å². The number of hydrogen-bond donors (Lipinski definition) is 2. The molecule has 2 aromatic rings. The number of rotatable bonds is 10. The Morgan fingerprint density at radius 2 is 1.82 bits per heavy atom. The number of nitrogens with one attached hydrogen (secondary N) is 2. The minimum atomic E-state index is -0.343. The first-order valence-corrected chi connectivity index (χ1v) is 9.31. The maximum absolute atomic E-state index is 12.4. The van der Waals surface area contributed by atoms with Crippen molar-refractivity contribution in [3.8, 4) is 0 Å². The van der Waals surface area contributed by atoms with Crippen LogP contribution < -0.4 is 15.5 Å². The zero-order valence-corrected chi connectivity index (χ0v) is 19.2. The van der Waals surface area contributed by atoms with Crippen LogP contribution >= 0.6 is 24.0 Å². The molecule has 0 unspecified atom stereocenters. The highest BCUT2D eigenvalue weighted by Crippen LogP contribution is 2.10. The van der Waals surface area contributed by atoms with Crippen molar-refractivity contribution in [2.75, 3.05) is 38.3 Å². The summed E-state index contributed by atoms with van der Waals surface area (Å²) in [5, 5.41) is 14.6. The van der Waals surface area contributed by atoms with Crippen LogP contribution in [0, 0.1) is 6.92 Å². The number of aliphatic imine (C=N–C) groups is 1. The summed E-state index contributed by atoms with van der Waals surface area (Å²) in [7, 11) is 4.00. The number of benzene rings is 1. The molecule has 1 heterocycles. The van der Waals surface area contributed by atoms with Gasteiger partial charge in [-0.05, 0) is 31.9 Å². The molecule has 0 aliphatic carbocycles. The molecular formula is C19H31FIN7. The van der Waals surface area contributed by atoms with Crippen molar-refractivity contribution in [3.63, 3.8) is 0 Å². The van der Waals surface area contributed by atoms with E-state index in [4.69, 9.17) is 0 Å². The Balaban J connectivity index is 0.00000392. The molecule has 2 rings (SSSR count). The number of hydrogen-bond acceptors (Lipinski definition) is 4. The summed E-state index contributed by atoms with van der Waals surface area (Å²) in [6.07, 6.45) is 1.42. The molecule has 2 N–H and O–H groups in total. The molecule has 0 aliphatic heterocycles. The monoisotopic (exact) mass is 503 g/mol. The zero-order chi connectivity index (χ0) is 19.5. The molecule has 0 amide bonds. The highest BCUT2D eigenvalue weighted by atomic mass is 127. The van der Waals surface area contributed by atoms with Gasteiger partial charge in [0.15, 0.2) is 11.8 Å². The average molecular weight is 503 g/mol. The van der Waals surface area contributed by atoms with Gasteiger partial charge in [-0.15, -0.1) is 34.2 Å². The molecule has 7 nitrogen and oxygen atoms in total. The summed E-state index contributed by atoms with van der Waals surface area (Å²) < 4.78 is 14.3. The number of halogens is 2. The van der Waals surface area contributed by atoms with Crippen LogP contribution in [0.25, 0.3) is 0 Å². The van der Waals surface area contributed by atoms with Crippen molar-refractivity contribution >= 4 is 35.6 Å². The number of anilines is 1. The van der Waals surface area contributed by atoms with Crippen molar-refractivity contribution in [1.82, 2.24) is 25.4 Å². The topological polar surface area (TPSA) is 70.4 Å². The average Bonchev–Trinajstić information content (AvgIpc) is 3.01. The van der Waals surface area contributed by atoms with Gasteiger partial charge in [0.2, 0.25) is 0 Å². The van der Waals surface area contributed by atoms with Crippen molar-refractivity contribution in [2.45, 2.75) is 26.3 Å². The Morgan fingerprint density at radius 3 is 2.43 bits per heavy atom. The second kappa shape index (κ2) is 13.3. The first-order valence-electron chi connectivity index (χ1n) is 9.31. The lowest BCUT2D eigenvalue weighted by molar-refractivity contribution is 0.470. The van der Waals surface area contributed by atoms with Crippen molar-refractivity contribution in [3.05, 3.63) is 42.0 Å². The standard InChI is InChI=1S/C19H30FN7.HI/c1-16-24-25-18(27(16)3)15-23-19(21-12-7-11-20)22-13-8-14-26(2)17-9-5-4-6-10-17;/h4-6,9-10H,7-8,11-15H2,1-3H3,(H2,21,22,23);1H. The van der Waals surface area contributed by atoms with E-state index in [1.165, 1.54) is 5.69 Å². The normalized spacial score (nSPS) is 11.1. The molecular weight excluding hydrogens is 472 g/mol. The van der Waals surface area contributed by atoms with Crippen LogP contribution in [0.3, 0.4) is 0 Å². The van der Waals surface area contributed by atoms with Crippen molar-refractivity contribution < 1.29 is 4.39 Å². The van der Waals surface area contributed by atoms with E-state index in [0.717, 1.165) is 31.2 Å². The molecule has 156 valence electrons. The summed E-state index contributed by atoms with van der Waals surface area (Å²) in [6.45, 7) is 4.23. The molecule has 0 aliphatic rings. The zero-order valence-electron chi connectivity index (χ0n) is 16.9. The second-order valence-corrected chi connectivity index (χ2v) is 6.39. The smallest absolute Gasteiger partial charge is 0.191 e. The second-order valence-electron chi connectivity index (χ2n) is 6.39. The van der Waals surface area contributed by atoms with Crippen LogP contribution in [0.5, 0.6) is 0 Å². The van der Waals surface area contributed by atoms with Crippen molar-refractivity contribution in [2.24, 2.45) is 12.0 Å². The minimum absolute atomic E-state index is 0. The Bertz CT molecular complexity index is 706. The SMILES string of the molecule is Cc1nnc(CN=C(NCCCF)NCCCN(C)c2ccccc2)n1C.I. The third-order valence-electron chi connectivity index (χ3n) is 4.32. The fourth-order valence-electron chi connectivity index (χ4n) is 2.52. The van der Waals surface area contributed by atoms with Crippen LogP contribution in [0.1, 0.15) is 24.5 Å². The number of para-hydroxylation sites is 1. The van der Waals surface area contributed by atoms with E-state index in [1.807, 2.05) is 36.7 Å². The van der Waals surface area contributed by atoms with Gasteiger partial charge in [0.1, 0.15) is 12.4 Å². The molecule has 1 aromatic heterocycles. The highest BCUT2D eigenvalue weighted by molar-refractivity contribution is 14.0. The third kappa shape index (κ3) is 7.99. The Labute approximate surface area is 183 Å². The van der Waals surface area contributed by atoms with Gasteiger partial charge in [-0.2, -0.15) is 0 Å². The Kier molecular flexibility index (Phi) is 11.5. The first-order chi connectivity index (χ1) is 13.1. The predicted octanol–water partition coefficient (Wildman–Crippen LogP) is 2.66. The highest BCUT2D eigenvalue weighted by Gasteiger charge is 2.05.